The van der Waals surface area contributed by atoms with Crippen LogP contribution in [0.4, 0.5) is 10.5 Å². The molecule has 0 saturated carbocycles. The normalized spacial score (nSPS) is 14.6. The number of carbonyl (C=O) groups excluding carboxylic acids is 2. The number of fused-ring (bicyclic) bond motifs is 2. The second-order valence-electron chi connectivity index (χ2n) is 4.97. The Hall–Kier alpha value is -2.35. The quantitative estimate of drug-likeness (QED) is 0.815. The van der Waals surface area contributed by atoms with Crippen molar-refractivity contribution >= 4 is 18.5 Å². The predicted octanol–water partition coefficient (Wildman–Crippen LogP) is 1.84. The Morgan fingerprint density at radius 2 is 1.50 bits per heavy atom. The zero-order valence-electron chi connectivity index (χ0n) is 11.3. The highest BCUT2D eigenvalue weighted by atomic mass is 16.2. The van der Waals surface area contributed by atoms with Gasteiger partial charge in [-0.15, -0.1) is 0 Å². The SMILES string of the molecule is C=O.N#Cc1c2c(c(NC(N)=O)c3c1CCC3)CCC2. The Balaban J connectivity index is 0.000000704. The molecule has 0 atom stereocenters. The van der Waals surface area contributed by atoms with Crippen LogP contribution in [0.3, 0.4) is 0 Å². The molecule has 0 bridgehead atoms. The van der Waals surface area contributed by atoms with Gasteiger partial charge in [0.1, 0.15) is 6.79 Å². The van der Waals surface area contributed by atoms with Crippen molar-refractivity contribution in [1.29, 1.82) is 5.26 Å². The summed E-state index contributed by atoms with van der Waals surface area (Å²) in [5.41, 5.74) is 11.6. The summed E-state index contributed by atoms with van der Waals surface area (Å²) in [4.78, 5) is 19.2. The molecule has 3 N–H and O–H groups in total. The molecule has 2 amide bonds. The van der Waals surface area contributed by atoms with Crippen LogP contribution in [0.2, 0.25) is 0 Å². The first-order valence-corrected chi connectivity index (χ1v) is 6.67. The van der Waals surface area contributed by atoms with E-state index in [0.29, 0.717) is 0 Å². The number of anilines is 1. The van der Waals surface area contributed by atoms with Gasteiger partial charge in [0.05, 0.1) is 11.6 Å². The molecule has 104 valence electrons. The minimum Gasteiger partial charge on any atom is -0.351 e. The molecule has 5 nitrogen and oxygen atoms in total. The summed E-state index contributed by atoms with van der Waals surface area (Å²) >= 11 is 0. The van der Waals surface area contributed by atoms with Crippen LogP contribution in [0.1, 0.15) is 40.7 Å². The standard InChI is InChI=1S/C14H15N3O.CH2O/c15-7-12-8-3-1-5-10(8)13(17-14(16)18)11-6-2-4-9(11)12;1-2/h1-6H2,(H3,16,17,18);1H2. The predicted molar refractivity (Wildman–Crippen MR) is 75.5 cm³/mol. The maximum Gasteiger partial charge on any atom is 0.316 e. The first-order valence-electron chi connectivity index (χ1n) is 6.67. The monoisotopic (exact) mass is 271 g/mol. The van der Waals surface area contributed by atoms with E-state index in [9.17, 15) is 10.1 Å². The number of nitrogens with two attached hydrogens (primary N) is 1. The number of carbonyl (C=O) groups is 2. The Morgan fingerprint density at radius 1 is 1.05 bits per heavy atom. The van der Waals surface area contributed by atoms with E-state index in [0.717, 1.165) is 72.0 Å². The lowest BCUT2D eigenvalue weighted by Gasteiger charge is -2.16. The van der Waals surface area contributed by atoms with Gasteiger partial charge in [-0.25, -0.2) is 4.79 Å². The van der Waals surface area contributed by atoms with Crippen molar-refractivity contribution < 1.29 is 9.59 Å². The molecular weight excluding hydrogens is 254 g/mol. The van der Waals surface area contributed by atoms with Gasteiger partial charge >= 0.3 is 6.03 Å². The van der Waals surface area contributed by atoms with Gasteiger partial charge in [-0.2, -0.15) is 5.26 Å². The van der Waals surface area contributed by atoms with Crippen molar-refractivity contribution in [1.82, 2.24) is 0 Å². The fourth-order valence-electron chi connectivity index (χ4n) is 3.36. The van der Waals surface area contributed by atoms with Crippen LogP contribution in [0, 0.1) is 11.3 Å². The van der Waals surface area contributed by atoms with Crippen LogP contribution in [0.25, 0.3) is 0 Å². The molecule has 20 heavy (non-hydrogen) atoms. The molecule has 3 rings (SSSR count). The van der Waals surface area contributed by atoms with Crippen molar-refractivity contribution in [3.8, 4) is 6.07 Å². The van der Waals surface area contributed by atoms with E-state index in [1.165, 1.54) is 0 Å². The Labute approximate surface area is 117 Å². The van der Waals surface area contributed by atoms with Gasteiger partial charge in [0.15, 0.2) is 0 Å². The summed E-state index contributed by atoms with van der Waals surface area (Å²) in [6, 6.07) is 1.85. The number of rotatable bonds is 1. The average Bonchev–Trinajstić information content (AvgIpc) is 3.09. The number of urea groups is 1. The fraction of sp³-hybridized carbons (Fsp3) is 0.400. The molecule has 0 saturated heterocycles. The number of nitrogens with zero attached hydrogens (tertiary/aromatic N) is 1. The first kappa shape index (κ1) is 14.1. The van der Waals surface area contributed by atoms with Gasteiger partial charge in [-0.3, -0.25) is 0 Å². The van der Waals surface area contributed by atoms with E-state index in [-0.39, 0.29) is 0 Å². The van der Waals surface area contributed by atoms with E-state index in [4.69, 9.17) is 10.5 Å². The highest BCUT2D eigenvalue weighted by Crippen LogP contribution is 2.41. The van der Waals surface area contributed by atoms with Gasteiger partial charge in [0.2, 0.25) is 0 Å². The van der Waals surface area contributed by atoms with E-state index < -0.39 is 6.03 Å². The number of nitriles is 1. The lowest BCUT2D eigenvalue weighted by Crippen LogP contribution is -2.21. The Morgan fingerprint density at radius 3 is 1.90 bits per heavy atom. The summed E-state index contributed by atoms with van der Waals surface area (Å²) in [6.07, 6.45) is 5.87. The van der Waals surface area contributed by atoms with Crippen LogP contribution < -0.4 is 11.1 Å². The number of hydrogen-bond acceptors (Lipinski definition) is 3. The summed E-state index contributed by atoms with van der Waals surface area (Å²) in [7, 11) is 0. The van der Waals surface area contributed by atoms with E-state index in [2.05, 4.69) is 11.4 Å². The van der Waals surface area contributed by atoms with Crippen LogP contribution in [0.15, 0.2) is 0 Å². The summed E-state index contributed by atoms with van der Waals surface area (Å²) in [5, 5.41) is 12.2. The smallest absolute Gasteiger partial charge is 0.316 e. The Bertz CT molecular complexity index is 567. The van der Waals surface area contributed by atoms with Crippen LogP contribution in [-0.4, -0.2) is 12.8 Å². The number of amides is 2. The molecule has 1 aromatic rings. The first-order chi connectivity index (χ1) is 9.72. The molecule has 0 radical (unpaired) electrons. The third-order valence-corrected chi connectivity index (χ3v) is 4.00. The van der Waals surface area contributed by atoms with Crippen molar-refractivity contribution in [2.75, 3.05) is 5.32 Å². The van der Waals surface area contributed by atoms with Gasteiger partial charge in [0.25, 0.3) is 0 Å². The molecule has 2 aliphatic rings. The number of benzene rings is 1. The summed E-state index contributed by atoms with van der Waals surface area (Å²) in [5.74, 6) is 0. The zero-order chi connectivity index (χ0) is 14.7. The minimum atomic E-state index is -0.511. The molecule has 1 aromatic carbocycles. The van der Waals surface area contributed by atoms with E-state index in [1.54, 1.807) is 0 Å². The zero-order valence-corrected chi connectivity index (χ0v) is 11.3. The second kappa shape index (κ2) is 5.74. The van der Waals surface area contributed by atoms with Gasteiger partial charge in [-0.05, 0) is 60.8 Å². The highest BCUT2D eigenvalue weighted by Gasteiger charge is 2.28. The van der Waals surface area contributed by atoms with E-state index in [1.807, 2.05) is 6.79 Å². The van der Waals surface area contributed by atoms with Crippen molar-refractivity contribution in [3.05, 3.63) is 27.8 Å². The van der Waals surface area contributed by atoms with Crippen LogP contribution in [0.5, 0.6) is 0 Å². The van der Waals surface area contributed by atoms with E-state index >= 15 is 0 Å². The van der Waals surface area contributed by atoms with Crippen LogP contribution >= 0.6 is 0 Å². The van der Waals surface area contributed by atoms with Crippen LogP contribution in [-0.2, 0) is 30.5 Å². The molecule has 0 aliphatic heterocycles. The van der Waals surface area contributed by atoms with Gasteiger partial charge in [0, 0.05) is 5.69 Å². The lowest BCUT2D eigenvalue weighted by atomic mass is 9.93. The molecular formula is C15H17N3O2. The molecule has 0 fully saturated rings. The molecule has 0 aromatic heterocycles. The second-order valence-corrected chi connectivity index (χ2v) is 4.97. The third-order valence-electron chi connectivity index (χ3n) is 4.00. The number of nitrogens with one attached hydrogen (secondary N) is 1. The average molecular weight is 271 g/mol. The largest absolute Gasteiger partial charge is 0.351 e. The number of hydrogen-bond donors (Lipinski definition) is 2. The summed E-state index contributed by atoms with van der Waals surface area (Å²) < 4.78 is 0. The maximum absolute atomic E-state index is 11.2. The third kappa shape index (κ3) is 2.14. The van der Waals surface area contributed by atoms with Crippen molar-refractivity contribution in [3.63, 3.8) is 0 Å². The summed E-state index contributed by atoms with van der Waals surface area (Å²) in [6.45, 7) is 2.00. The van der Waals surface area contributed by atoms with Crippen molar-refractivity contribution in [2.24, 2.45) is 5.73 Å². The lowest BCUT2D eigenvalue weighted by molar-refractivity contribution is -0.0979. The highest BCUT2D eigenvalue weighted by molar-refractivity contribution is 5.91. The molecule has 0 heterocycles. The molecule has 5 heteroatoms. The maximum atomic E-state index is 11.2. The fourth-order valence-corrected chi connectivity index (χ4v) is 3.36. The van der Waals surface area contributed by atoms with Crippen molar-refractivity contribution in [2.45, 2.75) is 38.5 Å². The Kier molecular flexibility index (Phi) is 4.04. The number of primary amides is 1. The molecule has 2 aliphatic carbocycles. The van der Waals surface area contributed by atoms with Gasteiger partial charge < -0.3 is 15.8 Å². The minimum absolute atomic E-state index is 0.511. The topological polar surface area (TPSA) is 96.0 Å². The van der Waals surface area contributed by atoms with Gasteiger partial charge in [-0.1, -0.05) is 0 Å². The molecule has 0 spiro atoms. The molecule has 0 unspecified atom stereocenters.